The lowest BCUT2D eigenvalue weighted by atomic mass is 10.1. The van der Waals surface area contributed by atoms with Crippen molar-refractivity contribution in [1.29, 1.82) is 0 Å². The number of nitrogens with one attached hydrogen (secondary N) is 1. The van der Waals surface area contributed by atoms with E-state index in [0.29, 0.717) is 10.0 Å². The Morgan fingerprint density at radius 3 is 2.36 bits per heavy atom. The molecule has 0 saturated heterocycles. The van der Waals surface area contributed by atoms with Gasteiger partial charge < -0.3 is 5.32 Å². The lowest BCUT2D eigenvalue weighted by Crippen LogP contribution is -2.28. The molecule has 25 heavy (non-hydrogen) atoms. The van der Waals surface area contributed by atoms with E-state index in [1.54, 1.807) is 49.4 Å². The van der Waals surface area contributed by atoms with Gasteiger partial charge in [-0.15, -0.1) is 0 Å². The van der Waals surface area contributed by atoms with Gasteiger partial charge in [0.15, 0.2) is 9.84 Å². The molecule has 0 aliphatic carbocycles. The maximum absolute atomic E-state index is 12.3. The Balaban J connectivity index is 1.97. The monoisotopic (exact) mass is 399 g/mol. The highest BCUT2D eigenvalue weighted by Gasteiger charge is 2.18. The Morgan fingerprint density at radius 2 is 1.76 bits per heavy atom. The maximum Gasteiger partial charge on any atom is 0.221 e. The van der Waals surface area contributed by atoms with Gasteiger partial charge in [0.25, 0.3) is 0 Å². The summed E-state index contributed by atoms with van der Waals surface area (Å²) in [6.07, 6.45) is -0.119. The van der Waals surface area contributed by atoms with Crippen molar-refractivity contribution in [3.63, 3.8) is 0 Å². The molecule has 0 heterocycles. The van der Waals surface area contributed by atoms with E-state index in [1.165, 1.54) is 0 Å². The van der Waals surface area contributed by atoms with E-state index in [-0.39, 0.29) is 29.0 Å². The fourth-order valence-electron chi connectivity index (χ4n) is 2.33. The number of rotatable bonds is 6. The summed E-state index contributed by atoms with van der Waals surface area (Å²) in [6, 6.07) is 11.3. The van der Waals surface area contributed by atoms with Gasteiger partial charge >= 0.3 is 0 Å². The number of halogens is 2. The Labute approximate surface area is 158 Å². The minimum Gasteiger partial charge on any atom is -0.350 e. The van der Waals surface area contributed by atoms with Crippen molar-refractivity contribution in [3.8, 4) is 0 Å². The number of sulfone groups is 1. The minimum atomic E-state index is -3.49. The molecule has 0 unspecified atom stereocenters. The van der Waals surface area contributed by atoms with Crippen LogP contribution in [0.25, 0.3) is 0 Å². The summed E-state index contributed by atoms with van der Waals surface area (Å²) in [7, 11) is -3.49. The number of benzene rings is 2. The highest BCUT2D eigenvalue weighted by Crippen LogP contribution is 2.26. The van der Waals surface area contributed by atoms with Crippen LogP contribution in [0.4, 0.5) is 0 Å². The number of carbonyl (C=O) groups excluding carboxylic acids is 1. The second kappa shape index (κ2) is 8.21. The summed E-state index contributed by atoms with van der Waals surface area (Å²) in [5.74, 6) is -0.600. The molecule has 2 aromatic rings. The van der Waals surface area contributed by atoms with E-state index in [4.69, 9.17) is 23.2 Å². The number of hydrogen-bond acceptors (Lipinski definition) is 3. The molecule has 0 radical (unpaired) electrons. The molecular weight excluding hydrogens is 381 g/mol. The number of hydrogen-bond donors (Lipinski definition) is 1. The second-order valence-electron chi connectivity index (χ2n) is 5.84. The first-order valence-corrected chi connectivity index (χ1v) is 10.1. The first-order valence-electron chi connectivity index (χ1n) is 7.73. The smallest absolute Gasteiger partial charge is 0.221 e. The Morgan fingerprint density at radius 1 is 1.12 bits per heavy atom. The molecule has 0 fully saturated rings. The molecule has 0 aliphatic heterocycles. The standard InChI is InChI=1S/C18H19Cl2NO3S/c1-12-3-6-15(7-4-12)25(23,24)10-9-18(22)21-13(2)16-8-5-14(19)11-17(16)20/h3-8,11,13H,9-10H2,1-2H3,(H,21,22)/t13-/m1/s1. The molecule has 0 aromatic heterocycles. The lowest BCUT2D eigenvalue weighted by molar-refractivity contribution is -0.121. The zero-order chi connectivity index (χ0) is 18.6. The van der Waals surface area contributed by atoms with E-state index in [9.17, 15) is 13.2 Å². The summed E-state index contributed by atoms with van der Waals surface area (Å²) in [4.78, 5) is 12.3. The summed E-state index contributed by atoms with van der Waals surface area (Å²) in [5.41, 5.74) is 1.70. The van der Waals surface area contributed by atoms with Crippen molar-refractivity contribution in [2.24, 2.45) is 0 Å². The van der Waals surface area contributed by atoms with E-state index in [0.717, 1.165) is 11.1 Å². The third kappa shape index (κ3) is 5.46. The molecule has 1 amide bonds. The normalized spacial score (nSPS) is 12.6. The molecule has 0 saturated carbocycles. The Bertz CT molecular complexity index is 864. The second-order valence-corrected chi connectivity index (χ2v) is 8.79. The van der Waals surface area contributed by atoms with Crippen LogP contribution < -0.4 is 5.32 Å². The Hall–Kier alpha value is -1.56. The molecule has 0 bridgehead atoms. The zero-order valence-electron chi connectivity index (χ0n) is 13.9. The fourth-order valence-corrected chi connectivity index (χ4v) is 4.15. The van der Waals surface area contributed by atoms with Gasteiger partial charge in [-0.2, -0.15) is 0 Å². The van der Waals surface area contributed by atoms with Crippen LogP contribution in [0.5, 0.6) is 0 Å². The molecule has 4 nitrogen and oxygen atoms in total. The molecule has 1 atom stereocenters. The largest absolute Gasteiger partial charge is 0.350 e. The van der Waals surface area contributed by atoms with Gasteiger partial charge in [0.1, 0.15) is 0 Å². The van der Waals surface area contributed by atoms with Crippen LogP contribution >= 0.6 is 23.2 Å². The summed E-state index contributed by atoms with van der Waals surface area (Å²) in [5, 5.41) is 3.72. The van der Waals surface area contributed by atoms with Crippen LogP contribution in [0.3, 0.4) is 0 Å². The average molecular weight is 400 g/mol. The summed E-state index contributed by atoms with van der Waals surface area (Å²) in [6.45, 7) is 3.66. The molecule has 2 rings (SSSR count). The van der Waals surface area contributed by atoms with Crippen molar-refractivity contribution in [2.45, 2.75) is 31.2 Å². The van der Waals surface area contributed by atoms with Crippen LogP contribution in [0, 0.1) is 6.92 Å². The SMILES string of the molecule is Cc1ccc(S(=O)(=O)CCC(=O)N[C@H](C)c2ccc(Cl)cc2Cl)cc1. The molecule has 2 aromatic carbocycles. The van der Waals surface area contributed by atoms with Crippen molar-refractivity contribution < 1.29 is 13.2 Å². The number of carbonyl (C=O) groups is 1. The van der Waals surface area contributed by atoms with Crippen molar-refractivity contribution in [1.82, 2.24) is 5.32 Å². The van der Waals surface area contributed by atoms with Crippen LogP contribution in [0.1, 0.15) is 30.5 Å². The third-order valence-corrected chi connectivity index (χ3v) is 6.08. The first-order chi connectivity index (χ1) is 11.7. The van der Waals surface area contributed by atoms with E-state index in [1.807, 2.05) is 6.92 Å². The predicted molar refractivity (Wildman–Crippen MR) is 101 cm³/mol. The third-order valence-electron chi connectivity index (χ3n) is 3.78. The van der Waals surface area contributed by atoms with E-state index in [2.05, 4.69) is 5.32 Å². The topological polar surface area (TPSA) is 63.2 Å². The molecule has 0 spiro atoms. The van der Waals surface area contributed by atoms with Crippen LogP contribution in [0.15, 0.2) is 47.4 Å². The molecule has 134 valence electrons. The average Bonchev–Trinajstić information content (AvgIpc) is 2.53. The van der Waals surface area contributed by atoms with Crippen molar-refractivity contribution in [2.75, 3.05) is 5.75 Å². The summed E-state index contributed by atoms with van der Waals surface area (Å²) >= 11 is 12.0. The van der Waals surface area contributed by atoms with Crippen LogP contribution in [-0.4, -0.2) is 20.1 Å². The Kier molecular flexibility index (Phi) is 6.49. The van der Waals surface area contributed by atoms with Gasteiger partial charge in [-0.1, -0.05) is 47.0 Å². The number of amides is 1. The van der Waals surface area contributed by atoms with Gasteiger partial charge in [0.2, 0.25) is 5.91 Å². The van der Waals surface area contributed by atoms with Crippen molar-refractivity contribution in [3.05, 3.63) is 63.6 Å². The molecular formula is C18H19Cl2NO3S. The van der Waals surface area contributed by atoms with Crippen molar-refractivity contribution >= 4 is 38.9 Å². The van der Waals surface area contributed by atoms with Crippen LogP contribution in [-0.2, 0) is 14.6 Å². The van der Waals surface area contributed by atoms with Gasteiger partial charge in [-0.25, -0.2) is 8.42 Å². The van der Waals surface area contributed by atoms with Crippen LogP contribution in [0.2, 0.25) is 10.0 Å². The van der Waals surface area contributed by atoms with E-state index >= 15 is 0 Å². The molecule has 1 N–H and O–H groups in total. The number of aryl methyl sites for hydroxylation is 1. The molecule has 0 aliphatic rings. The quantitative estimate of drug-likeness (QED) is 0.785. The molecule has 7 heteroatoms. The summed E-state index contributed by atoms with van der Waals surface area (Å²) < 4.78 is 24.6. The lowest BCUT2D eigenvalue weighted by Gasteiger charge is -2.16. The maximum atomic E-state index is 12.3. The highest BCUT2D eigenvalue weighted by atomic mass is 35.5. The van der Waals surface area contributed by atoms with Gasteiger partial charge in [0.05, 0.1) is 16.7 Å². The fraction of sp³-hybridized carbons (Fsp3) is 0.278. The zero-order valence-corrected chi connectivity index (χ0v) is 16.3. The van der Waals surface area contributed by atoms with E-state index < -0.39 is 9.84 Å². The van der Waals surface area contributed by atoms with Gasteiger partial charge in [-0.3, -0.25) is 4.79 Å². The first kappa shape index (κ1) is 19.8. The predicted octanol–water partition coefficient (Wildman–Crippen LogP) is 4.34. The van der Waals surface area contributed by atoms with Gasteiger partial charge in [0, 0.05) is 16.5 Å². The minimum absolute atomic E-state index is 0.119. The van der Waals surface area contributed by atoms with Gasteiger partial charge in [-0.05, 0) is 43.7 Å². The highest BCUT2D eigenvalue weighted by molar-refractivity contribution is 7.91.